The van der Waals surface area contributed by atoms with Gasteiger partial charge in [0.2, 0.25) is 0 Å². The van der Waals surface area contributed by atoms with Gasteiger partial charge in [-0.3, -0.25) is 9.79 Å². The molecule has 0 amide bonds. The smallest absolute Gasteiger partial charge is 0.161 e. The molecule has 4 aromatic carbocycles. The first kappa shape index (κ1) is 27.1. The molecule has 1 saturated carbocycles. The summed E-state index contributed by atoms with van der Waals surface area (Å²) in [6.07, 6.45) is 1.23. The molecular formula is C35H33ClN2O3. The number of aryl methyl sites for hydroxylation is 1. The fourth-order valence-corrected chi connectivity index (χ4v) is 5.92. The molecule has 6 heteroatoms. The van der Waals surface area contributed by atoms with Crippen LogP contribution in [0.25, 0.3) is 0 Å². The molecule has 2 aliphatic rings. The molecule has 0 unspecified atom stereocenters. The van der Waals surface area contributed by atoms with Crippen LogP contribution in [0.4, 0.5) is 11.4 Å². The van der Waals surface area contributed by atoms with Crippen molar-refractivity contribution in [2.24, 2.45) is 10.9 Å². The van der Waals surface area contributed by atoms with Crippen LogP contribution in [0.3, 0.4) is 0 Å². The number of nitrogens with zero attached hydrogens (tertiary/aromatic N) is 1. The van der Waals surface area contributed by atoms with Crippen molar-refractivity contribution in [2.45, 2.75) is 45.3 Å². The second-order valence-corrected chi connectivity index (χ2v) is 11.2. The molecule has 1 heterocycles. The zero-order valence-electron chi connectivity index (χ0n) is 23.3. The van der Waals surface area contributed by atoms with Crippen molar-refractivity contribution < 1.29 is 14.3 Å². The summed E-state index contributed by atoms with van der Waals surface area (Å²) in [7, 11) is 0. The van der Waals surface area contributed by atoms with Gasteiger partial charge in [0.25, 0.3) is 0 Å². The van der Waals surface area contributed by atoms with Gasteiger partial charge in [-0.25, -0.2) is 0 Å². The van der Waals surface area contributed by atoms with Gasteiger partial charge in [0.15, 0.2) is 11.5 Å². The van der Waals surface area contributed by atoms with Crippen molar-refractivity contribution in [1.82, 2.24) is 0 Å². The van der Waals surface area contributed by atoms with E-state index in [1.54, 1.807) is 0 Å². The van der Waals surface area contributed by atoms with Crippen LogP contribution in [0, 0.1) is 12.8 Å². The summed E-state index contributed by atoms with van der Waals surface area (Å²) in [4.78, 5) is 19.0. The third-order valence-electron chi connectivity index (χ3n) is 7.90. The number of anilines is 1. The topological polar surface area (TPSA) is 59.9 Å². The van der Waals surface area contributed by atoms with Crippen LogP contribution >= 0.6 is 11.6 Å². The van der Waals surface area contributed by atoms with E-state index in [1.807, 2.05) is 73.7 Å². The van der Waals surface area contributed by atoms with Gasteiger partial charge in [-0.15, -0.1) is 0 Å². The van der Waals surface area contributed by atoms with E-state index in [0.29, 0.717) is 36.2 Å². The third-order valence-corrected chi connectivity index (χ3v) is 8.16. The summed E-state index contributed by atoms with van der Waals surface area (Å²) in [5.74, 6) is 1.25. The zero-order valence-corrected chi connectivity index (χ0v) is 24.0. The zero-order chi connectivity index (χ0) is 28.3. The van der Waals surface area contributed by atoms with Gasteiger partial charge < -0.3 is 14.8 Å². The average molecular weight is 565 g/mol. The Kier molecular flexibility index (Phi) is 7.80. The minimum absolute atomic E-state index is 0.117. The van der Waals surface area contributed by atoms with Crippen LogP contribution in [-0.2, 0) is 11.4 Å². The minimum atomic E-state index is -0.376. The fraction of sp³-hybridized carbons (Fsp3) is 0.257. The summed E-state index contributed by atoms with van der Waals surface area (Å²) in [6, 6.07) is 29.8. The van der Waals surface area contributed by atoms with Gasteiger partial charge in [-0.05, 0) is 79.3 Å². The quantitative estimate of drug-likeness (QED) is 0.244. The Bertz CT molecular complexity index is 1580. The molecule has 1 N–H and O–H groups in total. The third kappa shape index (κ3) is 5.86. The molecule has 0 spiro atoms. The van der Waals surface area contributed by atoms with E-state index in [0.717, 1.165) is 34.6 Å². The van der Waals surface area contributed by atoms with Crippen molar-refractivity contribution in [3.05, 3.63) is 118 Å². The molecule has 0 saturated heterocycles. The lowest BCUT2D eigenvalue weighted by Crippen LogP contribution is -2.38. The Labute approximate surface area is 246 Å². The maximum absolute atomic E-state index is 13.9. The maximum Gasteiger partial charge on any atom is 0.161 e. The summed E-state index contributed by atoms with van der Waals surface area (Å²) in [5.41, 5.74) is 7.08. The number of Topliss-reactive ketones (excluding diaryl/α,β-unsaturated/α-hetero) is 1. The van der Waals surface area contributed by atoms with Crippen molar-refractivity contribution in [3.8, 4) is 11.5 Å². The van der Waals surface area contributed by atoms with E-state index in [1.165, 1.54) is 11.1 Å². The molecule has 1 aliphatic heterocycles. The van der Waals surface area contributed by atoms with Crippen LogP contribution in [0.5, 0.6) is 11.5 Å². The molecule has 4 aromatic rings. The van der Waals surface area contributed by atoms with E-state index >= 15 is 0 Å². The van der Waals surface area contributed by atoms with E-state index in [-0.39, 0.29) is 23.7 Å². The number of ketones is 1. The predicted octanol–water partition coefficient (Wildman–Crippen LogP) is 8.63. The summed E-state index contributed by atoms with van der Waals surface area (Å²) in [6.45, 7) is 4.92. The second kappa shape index (κ2) is 11.8. The Balaban J connectivity index is 1.33. The predicted molar refractivity (Wildman–Crippen MR) is 165 cm³/mol. The molecular weight excluding hydrogens is 532 g/mol. The van der Waals surface area contributed by atoms with Crippen LogP contribution in [0.15, 0.2) is 96.0 Å². The van der Waals surface area contributed by atoms with Gasteiger partial charge >= 0.3 is 0 Å². The number of rotatable bonds is 7. The van der Waals surface area contributed by atoms with E-state index in [4.69, 9.17) is 26.1 Å². The highest BCUT2D eigenvalue weighted by Crippen LogP contribution is 2.45. The highest BCUT2D eigenvalue weighted by Gasteiger charge is 2.41. The summed E-state index contributed by atoms with van der Waals surface area (Å²) >= 11 is 6.03. The second-order valence-electron chi connectivity index (χ2n) is 10.8. The first-order valence-corrected chi connectivity index (χ1v) is 14.5. The van der Waals surface area contributed by atoms with E-state index < -0.39 is 0 Å². The number of halogens is 1. The van der Waals surface area contributed by atoms with Gasteiger partial charge in [-0.2, -0.15) is 0 Å². The monoisotopic (exact) mass is 564 g/mol. The van der Waals surface area contributed by atoms with Crippen molar-refractivity contribution in [1.29, 1.82) is 0 Å². The number of nitrogens with one attached hydrogen (secondary N) is 1. The molecule has 0 radical (unpaired) electrons. The molecule has 208 valence electrons. The van der Waals surface area contributed by atoms with Crippen LogP contribution in [0.1, 0.15) is 54.0 Å². The number of ether oxygens (including phenoxy) is 2. The lowest BCUT2D eigenvalue weighted by Gasteiger charge is -2.34. The highest BCUT2D eigenvalue weighted by atomic mass is 35.5. The number of hydrogen-bond donors (Lipinski definition) is 1. The van der Waals surface area contributed by atoms with Gasteiger partial charge in [0, 0.05) is 17.2 Å². The molecule has 41 heavy (non-hydrogen) atoms. The number of carbonyl (C=O) groups excluding carboxylic acids is 1. The minimum Gasteiger partial charge on any atom is -0.490 e. The number of hydrogen-bond acceptors (Lipinski definition) is 5. The number of para-hydroxylation sites is 2. The SMILES string of the molecule is CCOc1cc([C@@H]2Nc3ccccc3N=C3C[C@H](c4ccc(C)cc4)CC(=O)[C@@H]32)ccc1OCc1ccc(Cl)cc1. The van der Waals surface area contributed by atoms with Crippen LogP contribution in [0.2, 0.25) is 5.02 Å². The van der Waals surface area contributed by atoms with E-state index in [2.05, 4.69) is 36.5 Å². The Morgan fingerprint density at radius 2 is 1.63 bits per heavy atom. The molecule has 1 aliphatic carbocycles. The highest BCUT2D eigenvalue weighted by molar-refractivity contribution is 6.30. The first-order valence-electron chi connectivity index (χ1n) is 14.1. The summed E-state index contributed by atoms with van der Waals surface area (Å²) < 4.78 is 12.2. The summed E-state index contributed by atoms with van der Waals surface area (Å²) in [5, 5.41) is 4.37. The number of fused-ring (bicyclic) bond motifs is 2. The average Bonchev–Trinajstić information content (AvgIpc) is 3.15. The molecule has 6 rings (SSSR count). The van der Waals surface area contributed by atoms with Crippen LogP contribution in [-0.4, -0.2) is 18.1 Å². The normalized spacial score (nSPS) is 19.7. The molecule has 5 nitrogen and oxygen atoms in total. The lowest BCUT2D eigenvalue weighted by atomic mass is 9.72. The molecule has 0 aromatic heterocycles. The maximum atomic E-state index is 13.9. The van der Waals surface area contributed by atoms with E-state index in [9.17, 15) is 4.79 Å². The standard InChI is InChI=1S/C35H33ClN2O3/c1-3-40-33-20-25(14-17-32(33)41-21-23-10-15-27(36)16-11-23)35-34-30(37-28-6-4-5-7-29(28)38-35)18-26(19-31(34)39)24-12-8-22(2)9-13-24/h4-17,20,26,34-35,38H,3,18-19,21H2,1-2H3/t26-,34+,35-/m0/s1. The van der Waals surface area contributed by atoms with Crippen molar-refractivity contribution in [2.75, 3.05) is 11.9 Å². The van der Waals surface area contributed by atoms with Crippen molar-refractivity contribution >= 4 is 34.5 Å². The Morgan fingerprint density at radius 3 is 2.41 bits per heavy atom. The first-order chi connectivity index (χ1) is 20.0. The Morgan fingerprint density at radius 1 is 0.878 bits per heavy atom. The van der Waals surface area contributed by atoms with Gasteiger partial charge in [0.1, 0.15) is 12.4 Å². The molecule has 3 atom stereocenters. The molecule has 1 fully saturated rings. The van der Waals surface area contributed by atoms with Gasteiger partial charge in [0.05, 0.1) is 29.9 Å². The number of carbonyl (C=O) groups is 1. The fourth-order valence-electron chi connectivity index (χ4n) is 5.80. The van der Waals surface area contributed by atoms with Gasteiger partial charge in [-0.1, -0.05) is 71.8 Å². The number of benzene rings is 4. The lowest BCUT2D eigenvalue weighted by molar-refractivity contribution is -0.122. The van der Waals surface area contributed by atoms with Crippen LogP contribution < -0.4 is 14.8 Å². The molecule has 0 bridgehead atoms. The Hall–Kier alpha value is -4.09. The number of aliphatic imine (C=N–C) groups is 1. The largest absolute Gasteiger partial charge is 0.490 e. The van der Waals surface area contributed by atoms with Crippen molar-refractivity contribution in [3.63, 3.8) is 0 Å².